The molecule has 0 radical (unpaired) electrons. The summed E-state index contributed by atoms with van der Waals surface area (Å²) in [6, 6.07) is 4.59. The third kappa shape index (κ3) is 1.63. The number of fused-ring (bicyclic) bond motifs is 1. The third-order valence-corrected chi connectivity index (χ3v) is 2.53. The normalized spacial score (nSPS) is 18.3. The van der Waals surface area contributed by atoms with Crippen LogP contribution in [0.4, 0.5) is 5.69 Å². The van der Waals surface area contributed by atoms with Crippen LogP contribution in [0.5, 0.6) is 5.75 Å². The second kappa shape index (κ2) is 3.89. The largest absolute Gasteiger partial charge is 0.495 e. The van der Waals surface area contributed by atoms with Crippen LogP contribution in [0.15, 0.2) is 18.2 Å². The second-order valence-electron chi connectivity index (χ2n) is 3.51. The molecule has 0 saturated carbocycles. The molecule has 2 N–H and O–H groups in total. The van der Waals surface area contributed by atoms with Gasteiger partial charge in [-0.15, -0.1) is 0 Å². The molecule has 1 heterocycles. The van der Waals surface area contributed by atoms with Crippen LogP contribution in [0.25, 0.3) is 0 Å². The maximum absolute atomic E-state index is 11.8. The van der Waals surface area contributed by atoms with Gasteiger partial charge in [0.15, 0.2) is 11.7 Å². The molecule has 6 nitrogen and oxygen atoms in total. The molecule has 0 spiro atoms. The van der Waals surface area contributed by atoms with Crippen molar-refractivity contribution < 1.29 is 24.2 Å². The van der Waals surface area contributed by atoms with Crippen molar-refractivity contribution >= 4 is 23.3 Å². The number of hydrogen-bond acceptors (Lipinski definition) is 4. The zero-order chi connectivity index (χ0) is 12.6. The monoisotopic (exact) mass is 235 g/mol. The van der Waals surface area contributed by atoms with Gasteiger partial charge in [-0.25, -0.2) is 0 Å². The number of carbonyl (C=O) groups excluding carboxylic acids is 2. The summed E-state index contributed by atoms with van der Waals surface area (Å²) in [6.45, 7) is 0. The van der Waals surface area contributed by atoms with E-state index in [1.807, 2.05) is 0 Å². The van der Waals surface area contributed by atoms with Crippen LogP contribution in [-0.2, 0) is 9.59 Å². The van der Waals surface area contributed by atoms with Gasteiger partial charge in [0.2, 0.25) is 5.91 Å². The SMILES string of the molecule is COc1cccc2c1NC(=O)C(C(=O)O)C2=O. The van der Waals surface area contributed by atoms with Crippen LogP contribution >= 0.6 is 0 Å². The van der Waals surface area contributed by atoms with Crippen molar-refractivity contribution in [3.8, 4) is 5.75 Å². The lowest BCUT2D eigenvalue weighted by atomic mass is 9.91. The summed E-state index contributed by atoms with van der Waals surface area (Å²) in [5.74, 6) is -4.39. The summed E-state index contributed by atoms with van der Waals surface area (Å²) in [6.07, 6.45) is 0. The highest BCUT2D eigenvalue weighted by atomic mass is 16.5. The molecule has 1 unspecified atom stereocenters. The van der Waals surface area contributed by atoms with Crippen molar-refractivity contribution in [1.82, 2.24) is 0 Å². The second-order valence-corrected chi connectivity index (χ2v) is 3.51. The summed E-state index contributed by atoms with van der Waals surface area (Å²) in [4.78, 5) is 34.2. The highest BCUT2D eigenvalue weighted by Gasteiger charge is 2.40. The first-order chi connectivity index (χ1) is 8.06. The zero-order valence-corrected chi connectivity index (χ0v) is 8.89. The van der Waals surface area contributed by atoms with E-state index in [4.69, 9.17) is 9.84 Å². The highest BCUT2D eigenvalue weighted by Crippen LogP contribution is 2.33. The lowest BCUT2D eigenvalue weighted by Gasteiger charge is -2.22. The van der Waals surface area contributed by atoms with E-state index in [-0.39, 0.29) is 11.3 Å². The Bertz CT molecular complexity index is 523. The minimum atomic E-state index is -1.69. The summed E-state index contributed by atoms with van der Waals surface area (Å²) in [5, 5.41) is 11.2. The number of amides is 1. The Labute approximate surface area is 96.2 Å². The van der Waals surface area contributed by atoms with E-state index in [1.165, 1.54) is 13.2 Å². The molecule has 0 aromatic heterocycles. The number of rotatable bonds is 2. The fourth-order valence-electron chi connectivity index (χ4n) is 1.73. The number of carboxylic acids is 1. The molecule has 0 saturated heterocycles. The summed E-state index contributed by atoms with van der Waals surface area (Å²) < 4.78 is 4.99. The summed E-state index contributed by atoms with van der Waals surface area (Å²) >= 11 is 0. The Balaban J connectivity index is 2.57. The van der Waals surface area contributed by atoms with E-state index in [0.29, 0.717) is 5.75 Å². The van der Waals surface area contributed by atoms with Crippen LogP contribution < -0.4 is 10.1 Å². The lowest BCUT2D eigenvalue weighted by molar-refractivity contribution is -0.143. The van der Waals surface area contributed by atoms with E-state index < -0.39 is 23.6 Å². The minimum Gasteiger partial charge on any atom is -0.495 e. The smallest absolute Gasteiger partial charge is 0.324 e. The van der Waals surface area contributed by atoms with Crippen molar-refractivity contribution in [3.63, 3.8) is 0 Å². The number of Topliss-reactive ketones (excluding diaryl/α,β-unsaturated/α-hetero) is 1. The van der Waals surface area contributed by atoms with Crippen LogP contribution in [0, 0.1) is 5.92 Å². The van der Waals surface area contributed by atoms with E-state index in [1.54, 1.807) is 12.1 Å². The summed E-state index contributed by atoms with van der Waals surface area (Å²) in [5.41, 5.74) is 0.374. The fourth-order valence-corrected chi connectivity index (χ4v) is 1.73. The molecule has 88 valence electrons. The van der Waals surface area contributed by atoms with Crippen molar-refractivity contribution in [2.75, 3.05) is 12.4 Å². The minimum absolute atomic E-state index is 0.149. The fraction of sp³-hybridized carbons (Fsp3) is 0.182. The number of ketones is 1. The number of ether oxygens (including phenoxy) is 1. The molecule has 6 heteroatoms. The van der Waals surface area contributed by atoms with Crippen molar-refractivity contribution in [2.45, 2.75) is 0 Å². The topological polar surface area (TPSA) is 92.7 Å². The number of benzene rings is 1. The first kappa shape index (κ1) is 11.1. The molecule has 1 amide bonds. The average molecular weight is 235 g/mol. The van der Waals surface area contributed by atoms with Gasteiger partial charge in [0.1, 0.15) is 5.75 Å². The third-order valence-electron chi connectivity index (χ3n) is 2.53. The molecule has 1 aliphatic rings. The van der Waals surface area contributed by atoms with Crippen LogP contribution in [0.1, 0.15) is 10.4 Å². The van der Waals surface area contributed by atoms with Gasteiger partial charge in [-0.1, -0.05) is 6.07 Å². The van der Waals surface area contributed by atoms with Crippen LogP contribution in [0.2, 0.25) is 0 Å². The Hall–Kier alpha value is -2.37. The van der Waals surface area contributed by atoms with Crippen LogP contribution in [0.3, 0.4) is 0 Å². The first-order valence-electron chi connectivity index (χ1n) is 4.81. The van der Waals surface area contributed by atoms with E-state index in [0.717, 1.165) is 0 Å². The Kier molecular flexibility index (Phi) is 2.55. The summed E-state index contributed by atoms with van der Waals surface area (Å²) in [7, 11) is 1.40. The molecule has 1 aromatic rings. The van der Waals surface area contributed by atoms with Crippen LogP contribution in [-0.4, -0.2) is 29.9 Å². The molecular weight excluding hydrogens is 226 g/mol. The zero-order valence-electron chi connectivity index (χ0n) is 8.89. The lowest BCUT2D eigenvalue weighted by Crippen LogP contribution is -2.40. The van der Waals surface area contributed by atoms with Gasteiger partial charge >= 0.3 is 5.97 Å². The number of carboxylic acid groups (broad SMARTS) is 1. The first-order valence-corrected chi connectivity index (χ1v) is 4.81. The van der Waals surface area contributed by atoms with Gasteiger partial charge in [0.05, 0.1) is 12.8 Å². The van der Waals surface area contributed by atoms with Crippen molar-refractivity contribution in [3.05, 3.63) is 23.8 Å². The molecule has 17 heavy (non-hydrogen) atoms. The predicted octanol–water partition coefficient (Wildman–Crippen LogP) is 0.531. The van der Waals surface area contributed by atoms with E-state index >= 15 is 0 Å². The molecule has 0 aliphatic carbocycles. The van der Waals surface area contributed by atoms with Gasteiger partial charge in [-0.05, 0) is 12.1 Å². The Morgan fingerprint density at radius 2 is 2.12 bits per heavy atom. The van der Waals surface area contributed by atoms with E-state index in [2.05, 4.69) is 5.32 Å². The number of para-hydroxylation sites is 1. The van der Waals surface area contributed by atoms with Gasteiger partial charge in [0.25, 0.3) is 0 Å². The molecule has 2 rings (SSSR count). The molecule has 1 aromatic carbocycles. The average Bonchev–Trinajstić information content (AvgIpc) is 2.28. The number of hydrogen-bond donors (Lipinski definition) is 2. The van der Waals surface area contributed by atoms with Gasteiger partial charge in [-0.2, -0.15) is 0 Å². The molecule has 0 bridgehead atoms. The number of nitrogens with one attached hydrogen (secondary N) is 1. The van der Waals surface area contributed by atoms with Gasteiger partial charge < -0.3 is 15.2 Å². The number of aliphatic carboxylic acids is 1. The maximum Gasteiger partial charge on any atom is 0.324 e. The molecule has 0 fully saturated rings. The van der Waals surface area contributed by atoms with Crippen molar-refractivity contribution in [2.24, 2.45) is 5.92 Å². The Morgan fingerprint density at radius 3 is 2.71 bits per heavy atom. The molecular formula is C11H9NO5. The Morgan fingerprint density at radius 1 is 1.41 bits per heavy atom. The van der Waals surface area contributed by atoms with Gasteiger partial charge in [-0.3, -0.25) is 14.4 Å². The van der Waals surface area contributed by atoms with Crippen molar-refractivity contribution in [1.29, 1.82) is 0 Å². The predicted molar refractivity (Wildman–Crippen MR) is 57.1 cm³/mol. The maximum atomic E-state index is 11.8. The quantitative estimate of drug-likeness (QED) is 0.729. The van der Waals surface area contributed by atoms with Gasteiger partial charge in [0, 0.05) is 5.56 Å². The number of methoxy groups -OCH3 is 1. The standard InChI is InChI=1S/C11H9NO5/c1-17-6-4-2-3-5-8(6)12-10(14)7(9(5)13)11(15)16/h2-4,7H,1H3,(H,12,14)(H,15,16). The molecule has 1 aliphatic heterocycles. The highest BCUT2D eigenvalue weighted by molar-refractivity contribution is 6.29. The molecule has 1 atom stereocenters. The van der Waals surface area contributed by atoms with E-state index in [9.17, 15) is 14.4 Å². The number of anilines is 1. The number of carbonyl (C=O) groups is 3.